The van der Waals surface area contributed by atoms with Crippen LogP contribution in [0.2, 0.25) is 0 Å². The van der Waals surface area contributed by atoms with Crippen LogP contribution in [-0.2, 0) is 0 Å². The Bertz CT molecular complexity index is 377. The maximum absolute atomic E-state index is 13.5. The zero-order valence-electron chi connectivity index (χ0n) is 8.64. The zero-order chi connectivity index (χ0) is 11.4. The van der Waals surface area contributed by atoms with Gasteiger partial charge in [0.05, 0.1) is 5.56 Å². The van der Waals surface area contributed by atoms with Crippen LogP contribution in [0.1, 0.15) is 22.3 Å². The number of carbonyl (C=O) groups excluding carboxylic acids is 1. The third-order valence-electron chi connectivity index (χ3n) is 2.10. The first kappa shape index (κ1) is 12.2. The molecule has 1 rings (SSSR count). The smallest absolute Gasteiger partial charge is 0.169 e. The van der Waals surface area contributed by atoms with E-state index in [0.717, 1.165) is 6.07 Å². The zero-order valence-corrected chi connectivity index (χ0v) is 9.46. The van der Waals surface area contributed by atoms with E-state index >= 15 is 0 Å². The molecule has 0 heterocycles. The predicted octanol–water partition coefficient (Wildman–Crippen LogP) is 3.21. The van der Waals surface area contributed by atoms with Gasteiger partial charge in [-0.3, -0.25) is 4.79 Å². The van der Waals surface area contributed by atoms with E-state index in [1.165, 1.54) is 24.8 Å². The minimum absolute atomic E-state index is 0.165. The first-order valence-electron chi connectivity index (χ1n) is 4.54. The summed E-state index contributed by atoms with van der Waals surface area (Å²) in [6.45, 7) is 1.51. The molecular formula is C11H12F2OS. The Morgan fingerprint density at radius 2 is 2.07 bits per heavy atom. The van der Waals surface area contributed by atoms with Crippen LogP contribution in [0, 0.1) is 18.6 Å². The normalized spacial score (nSPS) is 10.4. The summed E-state index contributed by atoms with van der Waals surface area (Å²) in [5.41, 5.74) is -0.104. The highest BCUT2D eigenvalue weighted by molar-refractivity contribution is 7.98. The molecule has 1 aromatic carbocycles. The lowest BCUT2D eigenvalue weighted by Crippen LogP contribution is -2.08. The van der Waals surface area contributed by atoms with Gasteiger partial charge in [-0.15, -0.1) is 0 Å². The van der Waals surface area contributed by atoms with Gasteiger partial charge >= 0.3 is 0 Å². The number of ketones is 1. The molecule has 1 nitrogen and oxygen atoms in total. The summed E-state index contributed by atoms with van der Waals surface area (Å²) in [6.07, 6.45) is 2.01. The predicted molar refractivity (Wildman–Crippen MR) is 58.4 cm³/mol. The molecule has 0 atom stereocenters. The molecule has 0 bridgehead atoms. The summed E-state index contributed by atoms with van der Waals surface area (Å²) < 4.78 is 26.7. The number of benzene rings is 1. The van der Waals surface area contributed by atoms with Gasteiger partial charge in [0, 0.05) is 12.2 Å². The van der Waals surface area contributed by atoms with Crippen LogP contribution in [0.5, 0.6) is 0 Å². The molecular weight excluding hydrogens is 218 g/mol. The van der Waals surface area contributed by atoms with E-state index in [1.807, 2.05) is 6.26 Å². The lowest BCUT2D eigenvalue weighted by Gasteiger charge is -2.05. The van der Waals surface area contributed by atoms with Crippen LogP contribution >= 0.6 is 11.8 Å². The van der Waals surface area contributed by atoms with Crippen molar-refractivity contribution < 1.29 is 13.6 Å². The SMILES string of the molecule is CSCCC(=O)c1c(F)ccc(C)c1F. The van der Waals surface area contributed by atoms with Crippen LogP contribution in [0.3, 0.4) is 0 Å². The van der Waals surface area contributed by atoms with Crippen molar-refractivity contribution in [2.24, 2.45) is 0 Å². The Kier molecular flexibility index (Phi) is 4.27. The van der Waals surface area contributed by atoms with Crippen molar-refractivity contribution in [3.05, 3.63) is 34.9 Å². The van der Waals surface area contributed by atoms with Gasteiger partial charge in [-0.1, -0.05) is 6.07 Å². The van der Waals surface area contributed by atoms with E-state index < -0.39 is 23.0 Å². The number of halogens is 2. The van der Waals surface area contributed by atoms with Crippen molar-refractivity contribution in [2.45, 2.75) is 13.3 Å². The number of hydrogen-bond donors (Lipinski definition) is 0. The summed E-state index contributed by atoms with van der Waals surface area (Å²) in [4.78, 5) is 11.5. The maximum Gasteiger partial charge on any atom is 0.169 e. The summed E-state index contributed by atoms with van der Waals surface area (Å²) in [7, 11) is 0. The lowest BCUT2D eigenvalue weighted by molar-refractivity contribution is 0.0981. The molecule has 0 aliphatic rings. The first-order chi connectivity index (χ1) is 7.07. The third-order valence-corrected chi connectivity index (χ3v) is 2.71. The molecule has 15 heavy (non-hydrogen) atoms. The van der Waals surface area contributed by atoms with E-state index in [1.54, 1.807) is 0 Å². The van der Waals surface area contributed by atoms with Crippen molar-refractivity contribution in [3.8, 4) is 0 Å². The molecule has 4 heteroatoms. The molecule has 0 radical (unpaired) electrons. The second-order valence-electron chi connectivity index (χ2n) is 3.22. The van der Waals surface area contributed by atoms with Gasteiger partial charge < -0.3 is 0 Å². The maximum atomic E-state index is 13.5. The topological polar surface area (TPSA) is 17.1 Å². The van der Waals surface area contributed by atoms with Crippen LogP contribution in [0.4, 0.5) is 8.78 Å². The molecule has 0 saturated heterocycles. The third kappa shape index (κ3) is 2.78. The van der Waals surface area contributed by atoms with Crippen molar-refractivity contribution in [1.29, 1.82) is 0 Å². The molecule has 0 N–H and O–H groups in total. The molecule has 1 aromatic rings. The number of Topliss-reactive ketones (excluding diaryl/α,β-unsaturated/α-hetero) is 1. The minimum Gasteiger partial charge on any atom is -0.294 e. The number of carbonyl (C=O) groups is 1. The van der Waals surface area contributed by atoms with Gasteiger partial charge in [0.1, 0.15) is 11.6 Å². The standard InChI is InChI=1S/C11H12F2OS/c1-7-3-4-8(12)10(11(7)13)9(14)5-6-15-2/h3-4H,5-6H2,1-2H3. The lowest BCUT2D eigenvalue weighted by atomic mass is 10.0. The first-order valence-corrected chi connectivity index (χ1v) is 5.94. The Morgan fingerprint density at radius 3 is 2.67 bits per heavy atom. The van der Waals surface area contributed by atoms with E-state index in [-0.39, 0.29) is 6.42 Å². The number of aryl methyl sites for hydroxylation is 1. The molecule has 0 amide bonds. The Balaban J connectivity index is 3.02. The summed E-state index contributed by atoms with van der Waals surface area (Å²) in [6, 6.07) is 2.46. The van der Waals surface area contributed by atoms with Crippen LogP contribution in [0.15, 0.2) is 12.1 Å². The molecule has 0 saturated carbocycles. The highest BCUT2D eigenvalue weighted by Crippen LogP contribution is 2.18. The second kappa shape index (κ2) is 5.26. The molecule has 0 fully saturated rings. The van der Waals surface area contributed by atoms with Crippen molar-refractivity contribution in [2.75, 3.05) is 12.0 Å². The van der Waals surface area contributed by atoms with Gasteiger partial charge in [-0.05, 0) is 24.8 Å². The molecule has 0 unspecified atom stereocenters. The summed E-state index contributed by atoms with van der Waals surface area (Å²) >= 11 is 1.47. The molecule has 0 spiro atoms. The number of hydrogen-bond acceptors (Lipinski definition) is 2. The molecule has 0 aliphatic heterocycles. The summed E-state index contributed by atoms with van der Waals surface area (Å²) in [5, 5.41) is 0. The van der Waals surface area contributed by atoms with Crippen molar-refractivity contribution >= 4 is 17.5 Å². The van der Waals surface area contributed by atoms with E-state index in [9.17, 15) is 13.6 Å². The summed E-state index contributed by atoms with van der Waals surface area (Å²) in [5.74, 6) is -1.40. The van der Waals surface area contributed by atoms with Crippen LogP contribution < -0.4 is 0 Å². The van der Waals surface area contributed by atoms with Gasteiger partial charge in [0.15, 0.2) is 5.78 Å². The minimum atomic E-state index is -0.774. The molecule has 82 valence electrons. The largest absolute Gasteiger partial charge is 0.294 e. The average molecular weight is 230 g/mol. The van der Waals surface area contributed by atoms with Crippen LogP contribution in [-0.4, -0.2) is 17.8 Å². The van der Waals surface area contributed by atoms with Gasteiger partial charge in [-0.2, -0.15) is 11.8 Å². The van der Waals surface area contributed by atoms with Crippen molar-refractivity contribution in [3.63, 3.8) is 0 Å². The highest BCUT2D eigenvalue weighted by atomic mass is 32.2. The Hall–Kier alpha value is -0.900. The molecule has 0 aliphatic carbocycles. The monoisotopic (exact) mass is 230 g/mol. The quantitative estimate of drug-likeness (QED) is 0.739. The van der Waals surface area contributed by atoms with Crippen molar-refractivity contribution in [1.82, 2.24) is 0 Å². The van der Waals surface area contributed by atoms with Gasteiger partial charge in [0.2, 0.25) is 0 Å². The van der Waals surface area contributed by atoms with Gasteiger partial charge in [-0.25, -0.2) is 8.78 Å². The Labute approximate surface area is 91.9 Å². The fourth-order valence-corrected chi connectivity index (χ4v) is 1.62. The number of rotatable bonds is 4. The fraction of sp³-hybridized carbons (Fsp3) is 0.364. The van der Waals surface area contributed by atoms with E-state index in [0.29, 0.717) is 11.3 Å². The van der Waals surface area contributed by atoms with E-state index in [4.69, 9.17) is 0 Å². The highest BCUT2D eigenvalue weighted by Gasteiger charge is 2.18. The Morgan fingerprint density at radius 1 is 1.40 bits per heavy atom. The number of thioether (sulfide) groups is 1. The average Bonchev–Trinajstić information content (AvgIpc) is 2.21. The van der Waals surface area contributed by atoms with Gasteiger partial charge in [0.25, 0.3) is 0 Å². The molecule has 0 aromatic heterocycles. The van der Waals surface area contributed by atoms with Crippen LogP contribution in [0.25, 0.3) is 0 Å². The fourth-order valence-electron chi connectivity index (χ4n) is 1.23. The second-order valence-corrected chi connectivity index (χ2v) is 4.20. The van der Waals surface area contributed by atoms with E-state index in [2.05, 4.69) is 0 Å².